The molecule has 0 fully saturated rings. The van der Waals surface area contributed by atoms with Crippen molar-refractivity contribution >= 4 is 17.4 Å². The zero-order chi connectivity index (χ0) is 10.7. The summed E-state index contributed by atoms with van der Waals surface area (Å²) >= 11 is 0. The topological polar surface area (TPSA) is 78.6 Å². The Kier molecular flexibility index (Phi) is 2.81. The van der Waals surface area contributed by atoms with E-state index in [1.54, 1.807) is 20.2 Å². The van der Waals surface area contributed by atoms with E-state index in [0.29, 0.717) is 11.4 Å². The molecule has 5 heteroatoms. The van der Waals surface area contributed by atoms with Gasteiger partial charge in [0.25, 0.3) is 0 Å². The fourth-order valence-corrected chi connectivity index (χ4v) is 0.891. The van der Waals surface area contributed by atoms with Gasteiger partial charge >= 0.3 is 6.03 Å². The lowest BCUT2D eigenvalue weighted by Crippen LogP contribution is -2.27. The summed E-state index contributed by atoms with van der Waals surface area (Å²) in [6.07, 6.45) is 0. The predicted octanol–water partition coefficient (Wildman–Crippen LogP) is 1.07. The molecular formula is C9H13N3O2. The summed E-state index contributed by atoms with van der Waals surface area (Å²) in [5.41, 5.74) is 6.40. The van der Waals surface area contributed by atoms with Crippen LogP contribution in [-0.2, 0) is 0 Å². The Morgan fingerprint density at radius 1 is 1.50 bits per heavy atom. The molecule has 0 unspecified atom stereocenters. The second-order valence-electron chi connectivity index (χ2n) is 3.10. The van der Waals surface area contributed by atoms with Gasteiger partial charge in [-0.15, -0.1) is 0 Å². The molecule has 14 heavy (non-hydrogen) atoms. The van der Waals surface area contributed by atoms with Crippen LogP contribution < -0.4 is 11.1 Å². The molecule has 1 aromatic carbocycles. The Bertz CT molecular complexity index is 350. The zero-order valence-electron chi connectivity index (χ0n) is 8.11. The molecule has 0 spiro atoms. The molecule has 0 radical (unpaired) electrons. The number of urea groups is 1. The molecule has 2 amide bonds. The van der Waals surface area contributed by atoms with Crippen LogP contribution in [0.25, 0.3) is 0 Å². The van der Waals surface area contributed by atoms with E-state index < -0.39 is 0 Å². The second kappa shape index (κ2) is 3.87. The Morgan fingerprint density at radius 2 is 2.14 bits per heavy atom. The van der Waals surface area contributed by atoms with Gasteiger partial charge in [-0.05, 0) is 12.1 Å². The lowest BCUT2D eigenvalue weighted by atomic mass is 10.2. The van der Waals surface area contributed by atoms with E-state index in [4.69, 9.17) is 10.8 Å². The largest absolute Gasteiger partial charge is 0.508 e. The van der Waals surface area contributed by atoms with Crippen molar-refractivity contribution < 1.29 is 9.90 Å². The van der Waals surface area contributed by atoms with Crippen LogP contribution in [0.4, 0.5) is 16.2 Å². The van der Waals surface area contributed by atoms with E-state index in [1.807, 2.05) is 0 Å². The third-order valence-electron chi connectivity index (χ3n) is 1.68. The number of hydrogen-bond donors (Lipinski definition) is 3. The number of rotatable bonds is 1. The summed E-state index contributed by atoms with van der Waals surface area (Å²) in [6.45, 7) is 0. The van der Waals surface area contributed by atoms with E-state index in [2.05, 4.69) is 5.32 Å². The molecule has 0 saturated carbocycles. The number of benzene rings is 1. The van der Waals surface area contributed by atoms with Crippen LogP contribution in [0.1, 0.15) is 0 Å². The summed E-state index contributed by atoms with van der Waals surface area (Å²) in [7, 11) is 3.26. The number of phenols is 1. The molecule has 0 heterocycles. The molecular weight excluding hydrogens is 182 g/mol. The molecule has 0 saturated heterocycles. The van der Waals surface area contributed by atoms with Crippen LogP contribution in [-0.4, -0.2) is 30.1 Å². The zero-order valence-corrected chi connectivity index (χ0v) is 8.11. The minimum absolute atomic E-state index is 0.0744. The van der Waals surface area contributed by atoms with Crippen molar-refractivity contribution in [3.8, 4) is 5.75 Å². The van der Waals surface area contributed by atoms with E-state index >= 15 is 0 Å². The van der Waals surface area contributed by atoms with Gasteiger partial charge in [0.2, 0.25) is 0 Å². The number of carbonyl (C=O) groups is 1. The van der Waals surface area contributed by atoms with Gasteiger partial charge in [-0.2, -0.15) is 0 Å². The summed E-state index contributed by atoms with van der Waals surface area (Å²) in [6, 6.07) is 4.13. The molecule has 0 aromatic heterocycles. The molecule has 76 valence electrons. The van der Waals surface area contributed by atoms with Crippen LogP contribution >= 0.6 is 0 Å². The molecule has 1 aromatic rings. The highest BCUT2D eigenvalue weighted by Crippen LogP contribution is 2.23. The smallest absolute Gasteiger partial charge is 0.321 e. The standard InChI is InChI=1S/C9H13N3O2/c1-12(2)9(14)11-8-4-3-6(13)5-7(8)10/h3-5,13H,10H2,1-2H3,(H,11,14). The lowest BCUT2D eigenvalue weighted by molar-refractivity contribution is 0.230. The van der Waals surface area contributed by atoms with Crippen LogP contribution in [0, 0.1) is 0 Å². The number of anilines is 2. The molecule has 0 bridgehead atoms. The highest BCUT2D eigenvalue weighted by molar-refractivity contribution is 5.92. The number of phenolic OH excluding ortho intramolecular Hbond substituents is 1. The molecule has 5 nitrogen and oxygen atoms in total. The summed E-state index contributed by atoms with van der Waals surface area (Å²) in [5.74, 6) is 0.0744. The van der Waals surface area contributed by atoms with Gasteiger partial charge in [-0.25, -0.2) is 4.79 Å². The maximum Gasteiger partial charge on any atom is 0.321 e. The van der Waals surface area contributed by atoms with E-state index in [0.717, 1.165) is 0 Å². The van der Waals surface area contributed by atoms with E-state index in [-0.39, 0.29) is 11.8 Å². The quantitative estimate of drug-likeness (QED) is 0.463. The Morgan fingerprint density at radius 3 is 2.64 bits per heavy atom. The van der Waals surface area contributed by atoms with Crippen molar-refractivity contribution in [3.05, 3.63) is 18.2 Å². The number of nitrogens with two attached hydrogens (primary N) is 1. The van der Waals surface area contributed by atoms with Gasteiger partial charge < -0.3 is 21.1 Å². The van der Waals surface area contributed by atoms with E-state index in [1.165, 1.54) is 17.0 Å². The Balaban J connectivity index is 2.82. The van der Waals surface area contributed by atoms with Crippen LogP contribution in [0.3, 0.4) is 0 Å². The third-order valence-corrected chi connectivity index (χ3v) is 1.68. The minimum Gasteiger partial charge on any atom is -0.508 e. The fourth-order valence-electron chi connectivity index (χ4n) is 0.891. The van der Waals surface area contributed by atoms with Gasteiger partial charge in [-0.3, -0.25) is 0 Å². The third kappa shape index (κ3) is 2.29. The van der Waals surface area contributed by atoms with Gasteiger partial charge in [0, 0.05) is 20.2 Å². The van der Waals surface area contributed by atoms with Crippen molar-refractivity contribution in [2.45, 2.75) is 0 Å². The van der Waals surface area contributed by atoms with E-state index in [9.17, 15) is 4.79 Å². The van der Waals surface area contributed by atoms with Gasteiger partial charge in [0.05, 0.1) is 11.4 Å². The Labute approximate surface area is 82.1 Å². The van der Waals surface area contributed by atoms with Gasteiger partial charge in [0.15, 0.2) is 0 Å². The Hall–Kier alpha value is -1.91. The average molecular weight is 195 g/mol. The maximum absolute atomic E-state index is 11.2. The highest BCUT2D eigenvalue weighted by atomic mass is 16.3. The van der Waals surface area contributed by atoms with Crippen molar-refractivity contribution in [3.63, 3.8) is 0 Å². The van der Waals surface area contributed by atoms with Gasteiger partial charge in [0.1, 0.15) is 5.75 Å². The molecule has 0 atom stereocenters. The summed E-state index contributed by atoms with van der Waals surface area (Å²) in [4.78, 5) is 12.6. The lowest BCUT2D eigenvalue weighted by Gasteiger charge is -2.13. The number of hydrogen-bond acceptors (Lipinski definition) is 3. The van der Waals surface area contributed by atoms with Crippen molar-refractivity contribution in [2.75, 3.05) is 25.1 Å². The number of nitrogens with one attached hydrogen (secondary N) is 1. The summed E-state index contributed by atoms with van der Waals surface area (Å²) < 4.78 is 0. The number of amides is 2. The second-order valence-corrected chi connectivity index (χ2v) is 3.10. The molecule has 4 N–H and O–H groups in total. The van der Waals surface area contributed by atoms with Gasteiger partial charge in [-0.1, -0.05) is 0 Å². The fraction of sp³-hybridized carbons (Fsp3) is 0.222. The number of aromatic hydroxyl groups is 1. The van der Waals surface area contributed by atoms with Crippen LogP contribution in [0.2, 0.25) is 0 Å². The number of nitrogen functional groups attached to an aromatic ring is 1. The van der Waals surface area contributed by atoms with Crippen LogP contribution in [0.15, 0.2) is 18.2 Å². The first kappa shape index (κ1) is 10.2. The van der Waals surface area contributed by atoms with Crippen molar-refractivity contribution in [1.29, 1.82) is 0 Å². The predicted molar refractivity (Wildman–Crippen MR) is 55.2 cm³/mol. The maximum atomic E-state index is 11.2. The number of nitrogens with zero attached hydrogens (tertiary/aromatic N) is 1. The first-order valence-electron chi connectivity index (χ1n) is 4.07. The normalized spacial score (nSPS) is 9.57. The molecule has 0 aliphatic heterocycles. The summed E-state index contributed by atoms with van der Waals surface area (Å²) in [5, 5.41) is 11.7. The number of carbonyl (C=O) groups excluding carboxylic acids is 1. The minimum atomic E-state index is -0.262. The van der Waals surface area contributed by atoms with Crippen molar-refractivity contribution in [1.82, 2.24) is 4.90 Å². The monoisotopic (exact) mass is 195 g/mol. The first-order valence-corrected chi connectivity index (χ1v) is 4.07. The van der Waals surface area contributed by atoms with Crippen LogP contribution in [0.5, 0.6) is 5.75 Å². The molecule has 1 rings (SSSR count). The average Bonchev–Trinajstić information content (AvgIpc) is 2.09. The molecule has 0 aliphatic rings. The first-order chi connectivity index (χ1) is 6.50. The SMILES string of the molecule is CN(C)C(=O)Nc1ccc(O)cc1N. The highest BCUT2D eigenvalue weighted by Gasteiger charge is 2.06. The molecule has 0 aliphatic carbocycles. The van der Waals surface area contributed by atoms with Crippen molar-refractivity contribution in [2.24, 2.45) is 0 Å².